The van der Waals surface area contributed by atoms with E-state index in [-0.39, 0.29) is 0 Å². The van der Waals surface area contributed by atoms with Crippen LogP contribution in [0.4, 0.5) is 0 Å². The van der Waals surface area contributed by atoms with Crippen LogP contribution < -0.4 is 0 Å². The van der Waals surface area contributed by atoms with E-state index < -0.39 is 0 Å². The number of rotatable bonds is 21. The van der Waals surface area contributed by atoms with E-state index in [0.29, 0.717) is 78.6 Å². The van der Waals surface area contributed by atoms with Gasteiger partial charge >= 0.3 is 0 Å². The zero-order valence-electron chi connectivity index (χ0n) is 21.1. The lowest BCUT2D eigenvalue weighted by atomic mass is 9.87. The first-order valence-electron chi connectivity index (χ1n) is 12.2. The Morgan fingerprint density at radius 3 is 1.85 bits per heavy atom. The fourth-order valence-corrected chi connectivity index (χ4v) is 3.60. The smallest absolute Gasteiger partial charge is 0.0921 e. The van der Waals surface area contributed by atoms with Crippen LogP contribution >= 0.6 is 0 Å². The quantitative estimate of drug-likeness (QED) is 0.274. The number of imidazole rings is 1. The number of aromatic amines is 1. The molecule has 1 N–H and O–H groups in total. The summed E-state index contributed by atoms with van der Waals surface area (Å²) in [6.45, 7) is 10.8. The molecule has 192 valence electrons. The molecule has 2 rings (SSSR count). The summed E-state index contributed by atoms with van der Waals surface area (Å²) in [5, 5.41) is 0. The zero-order chi connectivity index (χ0) is 24.3. The summed E-state index contributed by atoms with van der Waals surface area (Å²) in [6, 6.07) is 6.51. The Hall–Kier alpha value is -1.81. The van der Waals surface area contributed by atoms with Gasteiger partial charge in [-0.1, -0.05) is 18.2 Å². The van der Waals surface area contributed by atoms with Crippen molar-refractivity contribution in [1.82, 2.24) is 9.97 Å². The van der Waals surface area contributed by atoms with Crippen molar-refractivity contribution in [3.8, 4) is 0 Å². The molecule has 34 heavy (non-hydrogen) atoms. The minimum Gasteiger partial charge on any atom is -0.382 e. The van der Waals surface area contributed by atoms with E-state index in [1.807, 2.05) is 6.20 Å². The number of benzene rings is 1. The van der Waals surface area contributed by atoms with Crippen LogP contribution in [0.1, 0.15) is 41.1 Å². The molecular weight excluding hydrogens is 436 g/mol. The Bertz CT molecular complexity index is 741. The predicted octanol–water partition coefficient (Wildman–Crippen LogP) is 3.67. The topological polar surface area (TPSA) is 84.1 Å². The van der Waals surface area contributed by atoms with Crippen molar-refractivity contribution >= 4 is 0 Å². The van der Waals surface area contributed by atoms with Gasteiger partial charge in [0, 0.05) is 31.5 Å². The molecular formula is C26H42N2O6. The highest BCUT2D eigenvalue weighted by Crippen LogP contribution is 2.31. The number of nitrogens with zero attached hydrogens (tertiary/aromatic N) is 1. The molecule has 1 heterocycles. The van der Waals surface area contributed by atoms with Crippen LogP contribution in [0.25, 0.3) is 0 Å². The fourth-order valence-electron chi connectivity index (χ4n) is 3.60. The van der Waals surface area contributed by atoms with Gasteiger partial charge in [-0.2, -0.15) is 0 Å². The van der Waals surface area contributed by atoms with E-state index in [2.05, 4.69) is 42.0 Å². The molecule has 0 aliphatic heterocycles. The molecule has 8 nitrogen and oxygen atoms in total. The summed E-state index contributed by atoms with van der Waals surface area (Å²) in [6.07, 6.45) is 5.65. The highest BCUT2D eigenvalue weighted by atomic mass is 16.6. The molecule has 0 bridgehead atoms. The molecule has 0 amide bonds. The first kappa shape index (κ1) is 28.4. The van der Waals surface area contributed by atoms with Gasteiger partial charge in [-0.3, -0.25) is 0 Å². The Morgan fingerprint density at radius 2 is 1.32 bits per heavy atom. The number of aromatic nitrogens is 2. The van der Waals surface area contributed by atoms with E-state index >= 15 is 0 Å². The number of H-pyrrole nitrogens is 1. The second-order valence-corrected chi connectivity index (χ2v) is 8.05. The number of hydrogen-bond donors (Lipinski definition) is 1. The van der Waals surface area contributed by atoms with E-state index in [4.69, 9.17) is 28.4 Å². The van der Waals surface area contributed by atoms with Gasteiger partial charge in [0.1, 0.15) is 0 Å². The lowest BCUT2D eigenvalue weighted by molar-refractivity contribution is -0.0148. The van der Waals surface area contributed by atoms with Crippen LogP contribution in [-0.2, 0) is 28.4 Å². The van der Waals surface area contributed by atoms with Crippen LogP contribution in [0, 0.1) is 13.8 Å². The molecule has 1 atom stereocenters. The summed E-state index contributed by atoms with van der Waals surface area (Å²) in [5.41, 5.74) is 5.17. The maximum Gasteiger partial charge on any atom is 0.0921 e. The number of methoxy groups -OCH3 is 1. The average Bonchev–Trinajstić information content (AvgIpc) is 3.37. The normalized spacial score (nSPS) is 12.3. The second kappa shape index (κ2) is 18.5. The van der Waals surface area contributed by atoms with Gasteiger partial charge in [0.05, 0.1) is 72.4 Å². The van der Waals surface area contributed by atoms with Crippen molar-refractivity contribution in [1.29, 1.82) is 0 Å². The van der Waals surface area contributed by atoms with Crippen molar-refractivity contribution in [3.63, 3.8) is 0 Å². The van der Waals surface area contributed by atoms with Crippen molar-refractivity contribution in [3.05, 3.63) is 53.1 Å². The third kappa shape index (κ3) is 11.6. The average molecular weight is 479 g/mol. The van der Waals surface area contributed by atoms with Crippen LogP contribution in [-0.4, -0.2) is 89.8 Å². The molecule has 1 aromatic heterocycles. The first-order chi connectivity index (χ1) is 16.7. The summed E-state index contributed by atoms with van der Waals surface area (Å²) < 4.78 is 32.5. The van der Waals surface area contributed by atoms with E-state index in [9.17, 15) is 0 Å². The molecule has 2 aromatic rings. The van der Waals surface area contributed by atoms with Crippen LogP contribution in [0.5, 0.6) is 0 Å². The zero-order valence-corrected chi connectivity index (χ0v) is 21.1. The molecule has 0 aliphatic carbocycles. The third-order valence-corrected chi connectivity index (χ3v) is 5.62. The minimum atomic E-state index is 0.298. The first-order valence-corrected chi connectivity index (χ1v) is 12.2. The molecule has 0 saturated carbocycles. The highest BCUT2D eigenvalue weighted by molar-refractivity contribution is 5.39. The van der Waals surface area contributed by atoms with E-state index in [0.717, 1.165) is 18.5 Å². The van der Waals surface area contributed by atoms with Gasteiger partial charge < -0.3 is 33.4 Å². The summed E-state index contributed by atoms with van der Waals surface area (Å²) >= 11 is 0. The maximum atomic E-state index is 5.77. The maximum absolute atomic E-state index is 5.77. The SMILES string of the molecule is COCCOCCOCCOCCOCCOCCCC(c1cnc[nH]1)c1cccc(C)c1C. The summed E-state index contributed by atoms with van der Waals surface area (Å²) in [4.78, 5) is 7.51. The Kier molecular flexibility index (Phi) is 15.5. The molecule has 0 spiro atoms. The third-order valence-electron chi connectivity index (χ3n) is 5.62. The Labute approximate surface area is 204 Å². The molecule has 0 radical (unpaired) electrons. The summed E-state index contributed by atoms with van der Waals surface area (Å²) in [5.74, 6) is 0.298. The molecule has 0 saturated heterocycles. The van der Waals surface area contributed by atoms with Crippen molar-refractivity contribution in [2.45, 2.75) is 32.6 Å². The van der Waals surface area contributed by atoms with Gasteiger partial charge in [-0.15, -0.1) is 0 Å². The molecule has 0 aliphatic rings. The predicted molar refractivity (Wildman–Crippen MR) is 132 cm³/mol. The van der Waals surface area contributed by atoms with Gasteiger partial charge in [0.25, 0.3) is 0 Å². The van der Waals surface area contributed by atoms with Crippen molar-refractivity contribution in [2.75, 3.05) is 79.8 Å². The number of nitrogens with one attached hydrogen (secondary N) is 1. The van der Waals surface area contributed by atoms with Crippen molar-refractivity contribution < 1.29 is 28.4 Å². The fraction of sp³-hybridized carbons (Fsp3) is 0.654. The second-order valence-electron chi connectivity index (χ2n) is 8.05. The molecule has 0 fully saturated rings. The monoisotopic (exact) mass is 478 g/mol. The number of aryl methyl sites for hydroxylation is 1. The van der Waals surface area contributed by atoms with Crippen LogP contribution in [0.3, 0.4) is 0 Å². The number of ether oxygens (including phenoxy) is 6. The largest absolute Gasteiger partial charge is 0.382 e. The van der Waals surface area contributed by atoms with E-state index in [1.54, 1.807) is 13.4 Å². The van der Waals surface area contributed by atoms with Gasteiger partial charge in [0.2, 0.25) is 0 Å². The van der Waals surface area contributed by atoms with Gasteiger partial charge in [0.15, 0.2) is 0 Å². The standard InChI is InChI=1S/C26H42N2O6/c1-22-6-4-7-24(23(22)2)25(26-20-27-21-28-26)8-5-9-30-12-13-32-16-17-34-19-18-33-15-14-31-11-10-29-3/h4,6-7,20-21,25H,5,8-19H2,1-3H3,(H,27,28). The van der Waals surface area contributed by atoms with E-state index in [1.165, 1.54) is 16.7 Å². The lowest BCUT2D eigenvalue weighted by Gasteiger charge is -2.19. The van der Waals surface area contributed by atoms with Gasteiger partial charge in [-0.05, 0) is 43.4 Å². The summed E-state index contributed by atoms with van der Waals surface area (Å²) in [7, 11) is 1.65. The minimum absolute atomic E-state index is 0.298. The Morgan fingerprint density at radius 1 is 0.765 bits per heavy atom. The Balaban J connectivity index is 1.46. The van der Waals surface area contributed by atoms with Crippen molar-refractivity contribution in [2.24, 2.45) is 0 Å². The highest BCUT2D eigenvalue weighted by Gasteiger charge is 2.18. The lowest BCUT2D eigenvalue weighted by Crippen LogP contribution is -2.14. The van der Waals surface area contributed by atoms with Crippen LogP contribution in [0.2, 0.25) is 0 Å². The van der Waals surface area contributed by atoms with Gasteiger partial charge in [-0.25, -0.2) is 4.98 Å². The molecule has 8 heteroatoms. The van der Waals surface area contributed by atoms with Crippen LogP contribution in [0.15, 0.2) is 30.7 Å². The molecule has 1 unspecified atom stereocenters. The number of hydrogen-bond acceptors (Lipinski definition) is 7. The molecule has 1 aromatic carbocycles.